The number of carbonyl (C=O) groups is 1. The third-order valence-electron chi connectivity index (χ3n) is 4.47. The van der Waals surface area contributed by atoms with Gasteiger partial charge in [0.15, 0.2) is 5.69 Å². The molecule has 0 bridgehead atoms. The van der Waals surface area contributed by atoms with Crippen LogP contribution in [0, 0.1) is 0 Å². The SMILES string of the molecule is CN(C)Cc1ccccc1CNC(=O)c1cn(C2CCNCC2)nn1. The van der Waals surface area contributed by atoms with Crippen molar-refractivity contribution in [1.82, 2.24) is 30.5 Å². The van der Waals surface area contributed by atoms with Crippen molar-refractivity contribution in [3.05, 3.63) is 47.3 Å². The molecule has 0 atom stereocenters. The molecule has 0 unspecified atom stereocenters. The lowest BCUT2D eigenvalue weighted by Gasteiger charge is -2.22. The lowest BCUT2D eigenvalue weighted by Crippen LogP contribution is -2.29. The molecular weight excluding hydrogens is 316 g/mol. The van der Waals surface area contributed by atoms with Crippen LogP contribution < -0.4 is 10.6 Å². The second-order valence-corrected chi connectivity index (χ2v) is 6.75. The largest absolute Gasteiger partial charge is 0.347 e. The highest BCUT2D eigenvalue weighted by Crippen LogP contribution is 2.17. The van der Waals surface area contributed by atoms with Crippen LogP contribution in [-0.2, 0) is 13.1 Å². The van der Waals surface area contributed by atoms with Crippen LogP contribution in [0.4, 0.5) is 0 Å². The molecule has 1 amide bonds. The van der Waals surface area contributed by atoms with E-state index in [1.165, 1.54) is 5.56 Å². The van der Waals surface area contributed by atoms with Crippen molar-refractivity contribution in [3.63, 3.8) is 0 Å². The van der Waals surface area contributed by atoms with Crippen molar-refractivity contribution in [2.45, 2.75) is 32.0 Å². The van der Waals surface area contributed by atoms with E-state index >= 15 is 0 Å². The highest BCUT2D eigenvalue weighted by molar-refractivity contribution is 5.91. The van der Waals surface area contributed by atoms with E-state index in [0.717, 1.165) is 38.0 Å². The van der Waals surface area contributed by atoms with Crippen LogP contribution in [-0.4, -0.2) is 53.0 Å². The maximum Gasteiger partial charge on any atom is 0.273 e. The molecule has 134 valence electrons. The Kier molecular flexibility index (Phi) is 5.78. The molecule has 7 nitrogen and oxygen atoms in total. The van der Waals surface area contributed by atoms with Crippen LogP contribution in [0.3, 0.4) is 0 Å². The van der Waals surface area contributed by atoms with Gasteiger partial charge in [-0.3, -0.25) is 4.79 Å². The molecule has 0 spiro atoms. The fourth-order valence-electron chi connectivity index (χ4n) is 3.12. The fraction of sp³-hybridized carbons (Fsp3) is 0.500. The molecule has 0 saturated carbocycles. The Morgan fingerprint density at radius 1 is 1.28 bits per heavy atom. The molecule has 1 aromatic carbocycles. The van der Waals surface area contributed by atoms with Crippen molar-refractivity contribution in [1.29, 1.82) is 0 Å². The van der Waals surface area contributed by atoms with Gasteiger partial charge < -0.3 is 15.5 Å². The maximum atomic E-state index is 12.4. The third-order valence-corrected chi connectivity index (χ3v) is 4.47. The van der Waals surface area contributed by atoms with Crippen molar-refractivity contribution in [3.8, 4) is 0 Å². The standard InChI is InChI=1S/C18H26N6O/c1-23(2)12-15-6-4-3-5-14(15)11-20-18(25)17-13-24(22-21-17)16-7-9-19-10-8-16/h3-6,13,16,19H,7-12H2,1-2H3,(H,20,25). The van der Waals surface area contributed by atoms with Crippen molar-refractivity contribution >= 4 is 5.91 Å². The molecule has 2 heterocycles. The predicted octanol–water partition coefficient (Wildman–Crippen LogP) is 1.19. The third kappa shape index (κ3) is 4.64. The number of benzene rings is 1. The van der Waals surface area contributed by atoms with E-state index in [0.29, 0.717) is 18.3 Å². The van der Waals surface area contributed by atoms with Crippen molar-refractivity contribution in [2.24, 2.45) is 0 Å². The average Bonchev–Trinajstić information content (AvgIpc) is 3.11. The Bertz CT molecular complexity index is 705. The molecule has 3 rings (SSSR count). The Morgan fingerprint density at radius 3 is 2.72 bits per heavy atom. The molecule has 7 heteroatoms. The Labute approximate surface area is 148 Å². The van der Waals surface area contributed by atoms with E-state index in [1.807, 2.05) is 37.0 Å². The maximum absolute atomic E-state index is 12.4. The Balaban J connectivity index is 1.60. The normalized spacial score (nSPS) is 15.5. The van der Waals surface area contributed by atoms with Gasteiger partial charge in [-0.15, -0.1) is 5.10 Å². The number of hydrogen-bond acceptors (Lipinski definition) is 5. The summed E-state index contributed by atoms with van der Waals surface area (Å²) in [5.41, 5.74) is 2.71. The van der Waals surface area contributed by atoms with Gasteiger partial charge in [0.1, 0.15) is 0 Å². The van der Waals surface area contributed by atoms with E-state index < -0.39 is 0 Å². The van der Waals surface area contributed by atoms with Crippen LogP contribution in [0.5, 0.6) is 0 Å². The van der Waals surface area contributed by atoms with E-state index in [4.69, 9.17) is 0 Å². The summed E-state index contributed by atoms with van der Waals surface area (Å²) in [7, 11) is 4.07. The van der Waals surface area contributed by atoms with Crippen LogP contribution >= 0.6 is 0 Å². The van der Waals surface area contributed by atoms with E-state index in [1.54, 1.807) is 6.20 Å². The number of aromatic nitrogens is 3. The molecule has 1 aliphatic heterocycles. The lowest BCUT2D eigenvalue weighted by atomic mass is 10.1. The lowest BCUT2D eigenvalue weighted by molar-refractivity contribution is 0.0945. The minimum absolute atomic E-state index is 0.181. The number of nitrogens with one attached hydrogen (secondary N) is 2. The fourth-order valence-corrected chi connectivity index (χ4v) is 3.12. The quantitative estimate of drug-likeness (QED) is 0.825. The van der Waals surface area contributed by atoms with Crippen LogP contribution in [0.1, 0.15) is 40.5 Å². The van der Waals surface area contributed by atoms with Crippen molar-refractivity contribution < 1.29 is 4.79 Å². The topological polar surface area (TPSA) is 75.1 Å². The van der Waals surface area contributed by atoms with Gasteiger partial charge in [0.05, 0.1) is 12.2 Å². The van der Waals surface area contributed by atoms with Gasteiger partial charge in [-0.2, -0.15) is 0 Å². The summed E-state index contributed by atoms with van der Waals surface area (Å²) in [5.74, 6) is -0.181. The number of piperidine rings is 1. The number of hydrogen-bond donors (Lipinski definition) is 2. The first-order chi connectivity index (χ1) is 12.1. The van der Waals surface area contributed by atoms with Gasteiger partial charge in [0.25, 0.3) is 5.91 Å². The summed E-state index contributed by atoms with van der Waals surface area (Å²) in [5, 5.41) is 14.5. The molecule has 25 heavy (non-hydrogen) atoms. The zero-order chi connectivity index (χ0) is 17.6. The van der Waals surface area contributed by atoms with Crippen LogP contribution in [0.15, 0.2) is 30.5 Å². The summed E-state index contributed by atoms with van der Waals surface area (Å²) in [6.45, 7) is 3.30. The average molecular weight is 342 g/mol. The number of carbonyl (C=O) groups excluding carboxylic acids is 1. The first kappa shape index (κ1) is 17.6. The molecule has 1 saturated heterocycles. The minimum atomic E-state index is -0.181. The van der Waals surface area contributed by atoms with Gasteiger partial charge >= 0.3 is 0 Å². The predicted molar refractivity (Wildman–Crippen MR) is 96.2 cm³/mol. The van der Waals surface area contributed by atoms with E-state index in [9.17, 15) is 4.79 Å². The smallest absolute Gasteiger partial charge is 0.273 e. The summed E-state index contributed by atoms with van der Waals surface area (Å²) >= 11 is 0. The van der Waals surface area contributed by atoms with Gasteiger partial charge in [-0.1, -0.05) is 29.5 Å². The van der Waals surface area contributed by atoms with Crippen molar-refractivity contribution in [2.75, 3.05) is 27.2 Å². The molecule has 1 aromatic heterocycles. The summed E-state index contributed by atoms with van der Waals surface area (Å²) < 4.78 is 1.83. The first-order valence-corrected chi connectivity index (χ1v) is 8.76. The summed E-state index contributed by atoms with van der Waals surface area (Å²) in [4.78, 5) is 14.5. The summed E-state index contributed by atoms with van der Waals surface area (Å²) in [6.07, 6.45) is 3.79. The van der Waals surface area contributed by atoms with Gasteiger partial charge in [-0.05, 0) is 51.2 Å². The molecular formula is C18H26N6O. The van der Waals surface area contributed by atoms with Crippen LogP contribution in [0.2, 0.25) is 0 Å². The van der Waals surface area contributed by atoms with Gasteiger partial charge in [0.2, 0.25) is 0 Å². The Morgan fingerprint density at radius 2 is 2.00 bits per heavy atom. The summed E-state index contributed by atoms with van der Waals surface area (Å²) in [6, 6.07) is 8.49. The number of rotatable bonds is 6. The molecule has 2 N–H and O–H groups in total. The van der Waals surface area contributed by atoms with E-state index in [-0.39, 0.29) is 5.91 Å². The molecule has 0 radical (unpaired) electrons. The second kappa shape index (κ2) is 8.22. The zero-order valence-electron chi connectivity index (χ0n) is 14.9. The highest BCUT2D eigenvalue weighted by Gasteiger charge is 2.18. The zero-order valence-corrected chi connectivity index (χ0v) is 14.9. The molecule has 2 aromatic rings. The molecule has 1 aliphatic rings. The van der Waals surface area contributed by atoms with Gasteiger partial charge in [0, 0.05) is 13.1 Å². The number of nitrogens with zero attached hydrogens (tertiary/aromatic N) is 4. The van der Waals surface area contributed by atoms with Crippen LogP contribution in [0.25, 0.3) is 0 Å². The number of amides is 1. The minimum Gasteiger partial charge on any atom is -0.347 e. The molecule has 1 fully saturated rings. The first-order valence-electron chi connectivity index (χ1n) is 8.76. The second-order valence-electron chi connectivity index (χ2n) is 6.75. The Hall–Kier alpha value is -2.25. The van der Waals surface area contributed by atoms with E-state index in [2.05, 4.69) is 31.9 Å². The monoisotopic (exact) mass is 342 g/mol. The van der Waals surface area contributed by atoms with Gasteiger partial charge in [-0.25, -0.2) is 4.68 Å². The molecule has 0 aliphatic carbocycles. The highest BCUT2D eigenvalue weighted by atomic mass is 16.2.